The van der Waals surface area contributed by atoms with Gasteiger partial charge in [-0.3, -0.25) is 14.9 Å². The van der Waals surface area contributed by atoms with Gasteiger partial charge in [-0.1, -0.05) is 6.07 Å². The highest BCUT2D eigenvalue weighted by atomic mass is 32.1. The zero-order chi connectivity index (χ0) is 26.2. The molecule has 15 heteroatoms. The van der Waals surface area contributed by atoms with Crippen molar-refractivity contribution in [3.8, 4) is 0 Å². The van der Waals surface area contributed by atoms with Crippen LogP contribution in [0.1, 0.15) is 34.7 Å². The molecule has 0 amide bonds. The third kappa shape index (κ3) is 9.49. The van der Waals surface area contributed by atoms with Gasteiger partial charge in [0.15, 0.2) is 0 Å². The van der Waals surface area contributed by atoms with Crippen LogP contribution in [0.25, 0.3) is 0 Å². The predicted molar refractivity (Wildman–Crippen MR) is 113 cm³/mol. The van der Waals surface area contributed by atoms with E-state index in [1.54, 1.807) is 0 Å². The molecule has 2 aliphatic rings. The fraction of sp³-hybridized carbons (Fsp3) is 0.550. The van der Waals surface area contributed by atoms with Crippen molar-refractivity contribution in [2.75, 3.05) is 19.6 Å². The average molecular weight is 530 g/mol. The molecule has 4 rings (SSSR count). The number of carbonyl (C=O) groups is 2. The summed E-state index contributed by atoms with van der Waals surface area (Å²) in [5.41, 5.74) is 4.12. The van der Waals surface area contributed by atoms with Crippen LogP contribution < -0.4 is 0 Å². The summed E-state index contributed by atoms with van der Waals surface area (Å²) in [5.74, 6) is -5.51. The molecule has 0 radical (unpaired) electrons. The summed E-state index contributed by atoms with van der Waals surface area (Å²) in [5, 5.41) is 24.3. The molecule has 0 unspecified atom stereocenters. The van der Waals surface area contributed by atoms with Crippen LogP contribution in [-0.4, -0.2) is 74.1 Å². The Morgan fingerprint density at radius 1 is 0.971 bits per heavy atom. The Morgan fingerprint density at radius 2 is 1.54 bits per heavy atom. The molecular formula is C20H24F6N4O4S. The largest absolute Gasteiger partial charge is 0.490 e. The van der Waals surface area contributed by atoms with Crippen LogP contribution in [0.2, 0.25) is 0 Å². The Kier molecular flexibility index (Phi) is 10.1. The van der Waals surface area contributed by atoms with Crippen LogP contribution in [0.4, 0.5) is 26.3 Å². The number of halogens is 6. The van der Waals surface area contributed by atoms with Crippen molar-refractivity contribution < 1.29 is 46.1 Å². The van der Waals surface area contributed by atoms with Gasteiger partial charge in [0.2, 0.25) is 0 Å². The van der Waals surface area contributed by atoms with Crippen molar-refractivity contribution in [1.29, 1.82) is 0 Å². The van der Waals surface area contributed by atoms with E-state index in [0.717, 1.165) is 32.6 Å². The summed E-state index contributed by atoms with van der Waals surface area (Å²) >= 11 is 1.85. The minimum Gasteiger partial charge on any atom is -0.475 e. The molecule has 0 aromatic carbocycles. The molecule has 1 saturated heterocycles. The minimum atomic E-state index is -5.08. The Hall–Kier alpha value is -2.65. The number of rotatable bonds is 4. The van der Waals surface area contributed by atoms with E-state index in [1.165, 1.54) is 47.8 Å². The van der Waals surface area contributed by atoms with Gasteiger partial charge in [0.1, 0.15) is 0 Å². The molecule has 35 heavy (non-hydrogen) atoms. The third-order valence-electron chi connectivity index (χ3n) is 5.11. The summed E-state index contributed by atoms with van der Waals surface area (Å²) < 4.78 is 63.5. The summed E-state index contributed by atoms with van der Waals surface area (Å²) in [6.07, 6.45) is -6.33. The lowest BCUT2D eigenvalue weighted by molar-refractivity contribution is -0.193. The van der Waals surface area contributed by atoms with E-state index in [2.05, 4.69) is 37.5 Å². The van der Waals surface area contributed by atoms with Crippen LogP contribution in [0.5, 0.6) is 0 Å². The maximum Gasteiger partial charge on any atom is 0.490 e. The zero-order valence-corrected chi connectivity index (χ0v) is 19.1. The summed E-state index contributed by atoms with van der Waals surface area (Å²) in [7, 11) is 0. The van der Waals surface area contributed by atoms with Gasteiger partial charge < -0.3 is 10.2 Å². The maximum absolute atomic E-state index is 10.6. The Balaban J connectivity index is 0.000000257. The lowest BCUT2D eigenvalue weighted by atomic mass is 10.0. The zero-order valence-electron chi connectivity index (χ0n) is 18.3. The fourth-order valence-corrected chi connectivity index (χ4v) is 4.23. The van der Waals surface area contributed by atoms with Crippen molar-refractivity contribution in [1.82, 2.24) is 20.0 Å². The Morgan fingerprint density at radius 3 is 2.03 bits per heavy atom. The number of carboxylic acids is 2. The number of aromatic nitrogens is 2. The summed E-state index contributed by atoms with van der Waals surface area (Å²) in [6.45, 7) is 6.75. The molecule has 0 saturated carbocycles. The molecule has 4 heterocycles. The average Bonchev–Trinajstić information content (AvgIpc) is 3.51. The van der Waals surface area contributed by atoms with Crippen LogP contribution in [0.3, 0.4) is 0 Å². The van der Waals surface area contributed by atoms with E-state index in [9.17, 15) is 26.3 Å². The third-order valence-corrected chi connectivity index (χ3v) is 5.98. The lowest BCUT2D eigenvalue weighted by Crippen LogP contribution is -2.30. The molecule has 2 aromatic rings. The van der Waals surface area contributed by atoms with Gasteiger partial charge in [-0.15, -0.1) is 11.3 Å². The molecule has 3 N–H and O–H groups in total. The van der Waals surface area contributed by atoms with Gasteiger partial charge >= 0.3 is 24.3 Å². The Labute approximate surface area is 200 Å². The number of fused-ring (bicyclic) bond motifs is 1. The number of aromatic amines is 1. The summed E-state index contributed by atoms with van der Waals surface area (Å²) in [4.78, 5) is 24.3. The van der Waals surface area contributed by atoms with Crippen molar-refractivity contribution >= 4 is 23.3 Å². The van der Waals surface area contributed by atoms with Crippen LogP contribution in [0, 0.1) is 0 Å². The van der Waals surface area contributed by atoms with Crippen LogP contribution in [0.15, 0.2) is 17.5 Å². The number of thiophene rings is 1. The van der Waals surface area contributed by atoms with E-state index in [0.29, 0.717) is 0 Å². The van der Waals surface area contributed by atoms with Gasteiger partial charge in [-0.2, -0.15) is 31.4 Å². The second-order valence-electron chi connectivity index (χ2n) is 7.76. The molecule has 0 bridgehead atoms. The fourth-order valence-electron chi connectivity index (χ4n) is 3.48. The molecule has 196 valence electrons. The molecule has 0 atom stereocenters. The maximum atomic E-state index is 10.6. The Bertz CT molecular complexity index is 932. The quantitative estimate of drug-likeness (QED) is 0.515. The van der Waals surface area contributed by atoms with E-state index in [4.69, 9.17) is 19.8 Å². The summed E-state index contributed by atoms with van der Waals surface area (Å²) in [6, 6.07) is 4.37. The SMILES string of the molecule is O=C(O)C(F)(F)F.O=C(O)C(F)(F)F.c1csc(CN2CCc3c(CN4CCCC4)n[nH]c3C2)c1. The first kappa shape index (κ1) is 28.6. The van der Waals surface area contributed by atoms with Crippen molar-refractivity contribution in [2.45, 2.75) is 51.2 Å². The highest BCUT2D eigenvalue weighted by molar-refractivity contribution is 7.09. The second-order valence-corrected chi connectivity index (χ2v) is 8.79. The van der Waals surface area contributed by atoms with Gasteiger partial charge in [0, 0.05) is 36.6 Å². The number of nitrogens with zero attached hydrogens (tertiary/aromatic N) is 3. The highest BCUT2D eigenvalue weighted by Gasteiger charge is 2.38. The van der Waals surface area contributed by atoms with E-state index < -0.39 is 24.3 Å². The number of aliphatic carboxylic acids is 2. The lowest BCUT2D eigenvalue weighted by Gasteiger charge is -2.26. The topological polar surface area (TPSA) is 110 Å². The number of H-pyrrole nitrogens is 1. The smallest absolute Gasteiger partial charge is 0.475 e. The molecule has 1 fully saturated rings. The molecule has 8 nitrogen and oxygen atoms in total. The number of alkyl halides is 6. The minimum absolute atomic E-state index is 1.01. The molecule has 0 spiro atoms. The molecule has 2 aliphatic heterocycles. The number of likely N-dealkylation sites (tertiary alicyclic amines) is 1. The first-order valence-corrected chi connectivity index (χ1v) is 11.3. The van der Waals surface area contributed by atoms with E-state index in [-0.39, 0.29) is 0 Å². The van der Waals surface area contributed by atoms with Crippen LogP contribution in [-0.2, 0) is 35.6 Å². The first-order valence-electron chi connectivity index (χ1n) is 10.4. The van der Waals surface area contributed by atoms with E-state index >= 15 is 0 Å². The number of hydrogen-bond donors (Lipinski definition) is 3. The molecular weight excluding hydrogens is 506 g/mol. The number of carboxylic acid groups (broad SMARTS) is 2. The van der Waals surface area contributed by atoms with E-state index in [1.807, 2.05) is 11.3 Å². The van der Waals surface area contributed by atoms with Crippen LogP contribution >= 0.6 is 11.3 Å². The number of hydrogen-bond acceptors (Lipinski definition) is 6. The number of nitrogens with one attached hydrogen (secondary N) is 1. The standard InChI is InChI=1S/C16H22N4S.2C2HF3O2/c1-2-7-19(6-1)11-15-14-5-8-20(12-16(14)18-17-15)10-13-4-3-9-21-13;2*3-2(4,5)1(6)7/h3-4,9H,1-2,5-8,10-12H2,(H,17,18);2*(H,6,7). The predicted octanol–water partition coefficient (Wildman–Crippen LogP) is 3.89. The molecule has 2 aromatic heterocycles. The second kappa shape index (κ2) is 12.4. The van der Waals surface area contributed by atoms with Crippen molar-refractivity contribution in [3.05, 3.63) is 39.3 Å². The van der Waals surface area contributed by atoms with Crippen molar-refractivity contribution in [2.24, 2.45) is 0 Å². The van der Waals surface area contributed by atoms with Gasteiger partial charge in [0.25, 0.3) is 0 Å². The first-order chi connectivity index (χ1) is 16.3. The normalized spacial score (nSPS) is 16.5. The highest BCUT2D eigenvalue weighted by Crippen LogP contribution is 2.24. The van der Waals surface area contributed by atoms with Gasteiger partial charge in [-0.05, 0) is 43.8 Å². The van der Waals surface area contributed by atoms with Crippen molar-refractivity contribution in [3.63, 3.8) is 0 Å². The monoisotopic (exact) mass is 530 g/mol. The van der Waals surface area contributed by atoms with Gasteiger partial charge in [-0.25, -0.2) is 9.59 Å². The van der Waals surface area contributed by atoms with Gasteiger partial charge in [0.05, 0.1) is 11.4 Å². The molecule has 0 aliphatic carbocycles.